The summed E-state index contributed by atoms with van der Waals surface area (Å²) in [6.45, 7) is 10.6. The summed E-state index contributed by atoms with van der Waals surface area (Å²) in [5.41, 5.74) is -0.607. The molecule has 1 amide bonds. The quantitative estimate of drug-likeness (QED) is 0.587. The van der Waals surface area contributed by atoms with E-state index >= 15 is 0 Å². The average Bonchev–Trinajstić information content (AvgIpc) is 2.11. The van der Waals surface area contributed by atoms with Gasteiger partial charge >= 0.3 is 12.1 Å². The van der Waals surface area contributed by atoms with Gasteiger partial charge in [-0.2, -0.15) is 0 Å². The number of carbonyl (C=O) groups excluding carboxylic acids is 2. The Kier molecular flexibility index (Phi) is 5.56. The summed E-state index contributed by atoms with van der Waals surface area (Å²) in [5.74, 6) is -0.552. The van der Waals surface area contributed by atoms with Gasteiger partial charge in [0.05, 0.1) is 6.61 Å². The minimum Gasteiger partial charge on any atom is -0.464 e. The molecule has 0 unspecified atom stereocenters. The highest BCUT2D eigenvalue weighted by molar-refractivity contribution is 5.83. The molecule has 0 saturated heterocycles. The summed E-state index contributed by atoms with van der Waals surface area (Å²) in [6.07, 6.45) is 0.618. The molecule has 0 aromatic carbocycles. The maximum atomic E-state index is 11.3. The second kappa shape index (κ2) is 6.15. The van der Waals surface area contributed by atoms with Gasteiger partial charge in [-0.1, -0.05) is 6.08 Å². The smallest absolute Gasteiger partial charge is 0.408 e. The van der Waals surface area contributed by atoms with E-state index < -0.39 is 23.7 Å². The van der Waals surface area contributed by atoms with Crippen LogP contribution in [0.15, 0.2) is 12.7 Å². The number of ether oxygens (including phenoxy) is 2. The monoisotopic (exact) mass is 229 g/mol. The first-order valence-electron chi connectivity index (χ1n) is 5.09. The molecule has 0 aliphatic rings. The van der Waals surface area contributed by atoms with Crippen LogP contribution in [0.25, 0.3) is 0 Å². The number of hydrogen-bond acceptors (Lipinski definition) is 4. The summed E-state index contributed by atoms with van der Waals surface area (Å²) < 4.78 is 9.74. The zero-order valence-electron chi connectivity index (χ0n) is 10.2. The highest BCUT2D eigenvalue weighted by Gasteiger charge is 2.22. The molecule has 0 aromatic heterocycles. The summed E-state index contributed by atoms with van der Waals surface area (Å²) in [6, 6.07) is -0.880. The molecule has 0 aromatic rings. The van der Waals surface area contributed by atoms with Gasteiger partial charge in [-0.05, 0) is 27.7 Å². The van der Waals surface area contributed by atoms with Crippen LogP contribution in [0.4, 0.5) is 4.79 Å². The summed E-state index contributed by atoms with van der Waals surface area (Å²) >= 11 is 0. The molecule has 1 atom stereocenters. The van der Waals surface area contributed by atoms with E-state index in [0.717, 1.165) is 0 Å². The standard InChI is InChI=1S/C11H19NO4/c1-6-8(9(13)15-7-2)12-10(14)16-11(3,4)5/h6,8H,1,7H2,2-5H3,(H,12,14)/t8-/m0/s1. The van der Waals surface area contributed by atoms with Crippen LogP contribution in [0, 0.1) is 0 Å². The molecular formula is C11H19NO4. The third kappa shape index (κ3) is 6.06. The van der Waals surface area contributed by atoms with E-state index in [1.807, 2.05) is 0 Å². The number of esters is 1. The van der Waals surface area contributed by atoms with Gasteiger partial charge in [-0.3, -0.25) is 0 Å². The molecule has 0 fully saturated rings. The molecule has 0 radical (unpaired) electrons. The first-order valence-corrected chi connectivity index (χ1v) is 5.09. The molecular weight excluding hydrogens is 210 g/mol. The minimum absolute atomic E-state index is 0.249. The SMILES string of the molecule is C=C[C@H](NC(=O)OC(C)(C)C)C(=O)OCC. The number of amides is 1. The van der Waals surface area contributed by atoms with E-state index in [4.69, 9.17) is 9.47 Å². The highest BCUT2D eigenvalue weighted by atomic mass is 16.6. The lowest BCUT2D eigenvalue weighted by Gasteiger charge is -2.21. The van der Waals surface area contributed by atoms with Crippen molar-refractivity contribution in [3.05, 3.63) is 12.7 Å². The second-order valence-electron chi connectivity index (χ2n) is 4.11. The third-order valence-electron chi connectivity index (χ3n) is 1.45. The molecule has 5 heteroatoms. The Balaban J connectivity index is 4.28. The zero-order chi connectivity index (χ0) is 12.8. The molecule has 0 rings (SSSR count). The fourth-order valence-corrected chi connectivity index (χ4v) is 0.881. The van der Waals surface area contributed by atoms with Crippen molar-refractivity contribution in [3.63, 3.8) is 0 Å². The fraction of sp³-hybridized carbons (Fsp3) is 0.636. The number of nitrogens with one attached hydrogen (secondary N) is 1. The van der Waals surface area contributed by atoms with E-state index in [-0.39, 0.29) is 6.61 Å². The van der Waals surface area contributed by atoms with E-state index in [2.05, 4.69) is 11.9 Å². The van der Waals surface area contributed by atoms with E-state index in [9.17, 15) is 9.59 Å². The zero-order valence-corrected chi connectivity index (χ0v) is 10.2. The minimum atomic E-state index is -0.880. The van der Waals surface area contributed by atoms with Crippen molar-refractivity contribution in [2.24, 2.45) is 0 Å². The lowest BCUT2D eigenvalue weighted by molar-refractivity contribution is -0.144. The Bertz CT molecular complexity index is 268. The molecule has 1 N–H and O–H groups in total. The lowest BCUT2D eigenvalue weighted by atomic mass is 10.2. The Morgan fingerprint density at radius 1 is 1.44 bits per heavy atom. The fourth-order valence-electron chi connectivity index (χ4n) is 0.881. The van der Waals surface area contributed by atoms with Gasteiger partial charge in [0.2, 0.25) is 0 Å². The van der Waals surface area contributed by atoms with Gasteiger partial charge in [0, 0.05) is 0 Å². The van der Waals surface area contributed by atoms with Gasteiger partial charge < -0.3 is 14.8 Å². The predicted molar refractivity (Wildman–Crippen MR) is 60.0 cm³/mol. The number of hydrogen-bond donors (Lipinski definition) is 1. The first kappa shape index (κ1) is 14.5. The molecule has 0 saturated carbocycles. The maximum absolute atomic E-state index is 11.3. The lowest BCUT2D eigenvalue weighted by Crippen LogP contribution is -2.43. The van der Waals surface area contributed by atoms with Gasteiger partial charge in [-0.15, -0.1) is 6.58 Å². The van der Waals surface area contributed by atoms with Crippen molar-refractivity contribution >= 4 is 12.1 Å². The van der Waals surface area contributed by atoms with Crippen molar-refractivity contribution in [1.82, 2.24) is 5.32 Å². The number of carbonyl (C=O) groups is 2. The Morgan fingerprint density at radius 2 is 2.00 bits per heavy atom. The molecule has 0 heterocycles. The van der Waals surface area contributed by atoms with Crippen molar-refractivity contribution in [1.29, 1.82) is 0 Å². The van der Waals surface area contributed by atoms with Crippen LogP contribution in [0.1, 0.15) is 27.7 Å². The van der Waals surface area contributed by atoms with Crippen molar-refractivity contribution < 1.29 is 19.1 Å². The first-order chi connectivity index (χ1) is 7.30. The molecule has 0 spiro atoms. The average molecular weight is 229 g/mol. The van der Waals surface area contributed by atoms with Crippen LogP contribution in [-0.4, -0.2) is 30.3 Å². The van der Waals surface area contributed by atoms with E-state index in [1.54, 1.807) is 27.7 Å². The van der Waals surface area contributed by atoms with E-state index in [0.29, 0.717) is 0 Å². The normalized spacial score (nSPS) is 12.5. The largest absolute Gasteiger partial charge is 0.464 e. The topological polar surface area (TPSA) is 64.6 Å². The molecule has 5 nitrogen and oxygen atoms in total. The van der Waals surface area contributed by atoms with Gasteiger partial charge in [0.1, 0.15) is 11.6 Å². The Labute approximate surface area is 95.8 Å². The Hall–Kier alpha value is -1.52. The summed E-state index contributed by atoms with van der Waals surface area (Å²) in [7, 11) is 0. The van der Waals surface area contributed by atoms with Gasteiger partial charge in [0.15, 0.2) is 0 Å². The van der Waals surface area contributed by atoms with Crippen molar-refractivity contribution in [2.75, 3.05) is 6.61 Å². The van der Waals surface area contributed by atoms with Crippen molar-refractivity contribution in [3.8, 4) is 0 Å². The van der Waals surface area contributed by atoms with Crippen LogP contribution >= 0.6 is 0 Å². The highest BCUT2D eigenvalue weighted by Crippen LogP contribution is 2.07. The van der Waals surface area contributed by atoms with Gasteiger partial charge in [0.25, 0.3) is 0 Å². The van der Waals surface area contributed by atoms with Crippen LogP contribution < -0.4 is 5.32 Å². The van der Waals surface area contributed by atoms with Crippen LogP contribution in [0.5, 0.6) is 0 Å². The van der Waals surface area contributed by atoms with E-state index in [1.165, 1.54) is 6.08 Å². The number of alkyl carbamates (subject to hydrolysis) is 1. The molecule has 0 bridgehead atoms. The van der Waals surface area contributed by atoms with Gasteiger partial charge in [-0.25, -0.2) is 9.59 Å². The van der Waals surface area contributed by atoms with Crippen LogP contribution in [0.3, 0.4) is 0 Å². The van der Waals surface area contributed by atoms with Crippen molar-refractivity contribution in [2.45, 2.75) is 39.3 Å². The number of rotatable bonds is 4. The molecule has 92 valence electrons. The maximum Gasteiger partial charge on any atom is 0.408 e. The predicted octanol–water partition coefficient (Wildman–Crippen LogP) is 1.63. The molecule has 0 aliphatic carbocycles. The third-order valence-corrected chi connectivity index (χ3v) is 1.45. The molecule has 16 heavy (non-hydrogen) atoms. The summed E-state index contributed by atoms with van der Waals surface area (Å²) in [4.78, 5) is 22.7. The summed E-state index contributed by atoms with van der Waals surface area (Å²) in [5, 5.41) is 2.35. The Morgan fingerprint density at radius 3 is 2.38 bits per heavy atom. The van der Waals surface area contributed by atoms with Crippen LogP contribution in [0.2, 0.25) is 0 Å². The molecule has 0 aliphatic heterocycles. The second-order valence-corrected chi connectivity index (χ2v) is 4.11. The van der Waals surface area contributed by atoms with Crippen LogP contribution in [-0.2, 0) is 14.3 Å².